The Labute approximate surface area is 326 Å². The highest BCUT2D eigenvalue weighted by atomic mass is 32.3. The minimum absolute atomic E-state index is 0.150. The maximum absolute atomic E-state index is 12.6. The number of benzene rings is 3. The van der Waals surface area contributed by atoms with E-state index < -0.39 is 97.8 Å². The Balaban J connectivity index is 1.58. The molecule has 4 rings (SSSR count). The van der Waals surface area contributed by atoms with E-state index in [-0.39, 0.29) is 49.6 Å². The van der Waals surface area contributed by atoms with E-state index in [1.165, 1.54) is 72.8 Å². The smallest absolute Gasteiger partial charge is 0.324 e. The predicted molar refractivity (Wildman–Crippen MR) is 198 cm³/mol. The van der Waals surface area contributed by atoms with Gasteiger partial charge < -0.3 is 16.0 Å². The van der Waals surface area contributed by atoms with Gasteiger partial charge in [-0.25, -0.2) is 37.8 Å². The Morgan fingerprint density at radius 2 is 0.596 bits per heavy atom. The van der Waals surface area contributed by atoms with Gasteiger partial charge in [-0.3, -0.25) is 13.7 Å². The van der Waals surface area contributed by atoms with Crippen molar-refractivity contribution >= 4 is 95.6 Å². The van der Waals surface area contributed by atoms with Gasteiger partial charge in [-0.15, -0.1) is 0 Å². The number of anilines is 6. The van der Waals surface area contributed by atoms with E-state index >= 15 is 0 Å². The third-order valence-electron chi connectivity index (χ3n) is 6.80. The zero-order valence-electron chi connectivity index (χ0n) is 28.4. The molecule has 0 unspecified atom stereocenters. The first kappa shape index (κ1) is 45.2. The van der Waals surface area contributed by atoms with Crippen LogP contribution >= 0.6 is 0 Å². The quantitative estimate of drug-likeness (QED) is 0.0632. The van der Waals surface area contributed by atoms with E-state index in [9.17, 15) is 50.5 Å². The second-order valence-electron chi connectivity index (χ2n) is 11.0. The molecule has 0 amide bonds. The Bertz CT molecular complexity index is 2420. The van der Waals surface area contributed by atoms with Gasteiger partial charge in [-0.05, 0) is 72.8 Å². The molecule has 57 heavy (non-hydrogen) atoms. The van der Waals surface area contributed by atoms with Gasteiger partial charge in [0.25, 0.3) is 0 Å². The highest BCUT2D eigenvalue weighted by molar-refractivity contribution is 7.92. The molecule has 3 aromatic carbocycles. The van der Waals surface area contributed by atoms with Crippen LogP contribution in [0.3, 0.4) is 0 Å². The summed E-state index contributed by atoms with van der Waals surface area (Å²) in [6.45, 7) is -2.52. The zero-order chi connectivity index (χ0) is 42.3. The van der Waals surface area contributed by atoms with Gasteiger partial charge in [-0.1, -0.05) is 0 Å². The van der Waals surface area contributed by atoms with Crippen LogP contribution in [0.4, 0.5) is 34.9 Å². The predicted octanol–water partition coefficient (Wildman–Crippen LogP) is 0.882. The summed E-state index contributed by atoms with van der Waals surface area (Å²) >= 11 is 0. The van der Waals surface area contributed by atoms with E-state index in [2.05, 4.69) is 43.5 Å². The van der Waals surface area contributed by atoms with E-state index in [0.717, 1.165) is 0 Å². The van der Waals surface area contributed by atoms with Crippen LogP contribution in [0.25, 0.3) is 0 Å². The average Bonchev–Trinajstić information content (AvgIpc) is 3.07. The molecule has 0 atom stereocenters. The summed E-state index contributed by atoms with van der Waals surface area (Å²) in [6.07, 6.45) is 0. The largest absolute Gasteiger partial charge is 0.397 e. The standard InChI is InChI=1S/C27H30N6O18S6/c34-52(35,16-13-49-55(40,41)42)22-7-1-19(2-8-22)28-25-31-26(29-20-3-9-23(10-4-20)53(36,37)17-14-50-56(43,44)45)33-27(32-25)30-21-5-11-24(12-6-21)54(38,39)18-15-51-57(46,47)48/h1-12H,13-18H2,(H,40,41,42)(H,43,44,45)(H,46,47,48)(H3,28,29,30,31,32,33). The Kier molecular flexibility index (Phi) is 14.3. The number of aromatic nitrogens is 3. The lowest BCUT2D eigenvalue weighted by Gasteiger charge is -2.13. The lowest BCUT2D eigenvalue weighted by Crippen LogP contribution is -2.15. The second kappa shape index (κ2) is 18.0. The number of nitrogens with one attached hydrogen (secondary N) is 3. The molecule has 0 aliphatic heterocycles. The SMILES string of the molecule is O=S(=O)(O)OCCS(=O)(=O)c1ccc(Nc2nc(Nc3ccc(S(=O)(=O)CCOS(=O)(=O)O)cc3)nc(Nc3ccc(S(=O)(=O)CCOS(=O)(=O)O)cc3)n2)cc1. The second-order valence-corrected chi connectivity index (χ2v) is 20.6. The molecule has 312 valence electrons. The van der Waals surface area contributed by atoms with Crippen molar-refractivity contribution < 1.29 is 76.7 Å². The molecule has 0 radical (unpaired) electrons. The first-order valence-corrected chi connectivity index (χ1v) is 24.3. The van der Waals surface area contributed by atoms with Crippen molar-refractivity contribution in [3.8, 4) is 0 Å². The monoisotopic (exact) mass is 918 g/mol. The van der Waals surface area contributed by atoms with Gasteiger partial charge in [0, 0.05) is 17.1 Å². The topological polar surface area (TPSA) is 368 Å². The first-order valence-electron chi connectivity index (χ1n) is 15.2. The van der Waals surface area contributed by atoms with Crippen LogP contribution < -0.4 is 16.0 Å². The van der Waals surface area contributed by atoms with E-state index in [0.29, 0.717) is 0 Å². The number of rotatable bonds is 21. The van der Waals surface area contributed by atoms with Gasteiger partial charge in [-0.2, -0.15) is 40.2 Å². The van der Waals surface area contributed by atoms with Gasteiger partial charge >= 0.3 is 31.2 Å². The van der Waals surface area contributed by atoms with Crippen molar-refractivity contribution in [1.82, 2.24) is 15.0 Å². The number of hydrogen-bond donors (Lipinski definition) is 6. The van der Waals surface area contributed by atoms with Gasteiger partial charge in [0.1, 0.15) is 0 Å². The fraction of sp³-hybridized carbons (Fsp3) is 0.222. The van der Waals surface area contributed by atoms with Crippen LogP contribution in [0, 0.1) is 0 Å². The highest BCUT2D eigenvalue weighted by Crippen LogP contribution is 2.24. The average molecular weight is 919 g/mol. The molecule has 24 nitrogen and oxygen atoms in total. The Morgan fingerprint density at radius 1 is 0.386 bits per heavy atom. The van der Waals surface area contributed by atoms with Gasteiger partial charge in [0.15, 0.2) is 29.5 Å². The molecule has 6 N–H and O–H groups in total. The summed E-state index contributed by atoms with van der Waals surface area (Å²) < 4.78 is 178. The normalized spacial score (nSPS) is 12.9. The fourth-order valence-electron chi connectivity index (χ4n) is 4.27. The van der Waals surface area contributed by atoms with Crippen molar-refractivity contribution in [1.29, 1.82) is 0 Å². The molecule has 0 aliphatic carbocycles. The van der Waals surface area contributed by atoms with Crippen molar-refractivity contribution in [3.05, 3.63) is 72.8 Å². The summed E-state index contributed by atoms with van der Waals surface area (Å²) in [5, 5.41) is 8.52. The third kappa shape index (κ3) is 15.1. The Morgan fingerprint density at radius 3 is 0.789 bits per heavy atom. The highest BCUT2D eigenvalue weighted by Gasteiger charge is 2.20. The molecule has 1 aromatic heterocycles. The van der Waals surface area contributed by atoms with Crippen LogP contribution in [-0.4, -0.2) is 116 Å². The lowest BCUT2D eigenvalue weighted by atomic mass is 10.3. The summed E-state index contributed by atoms with van der Waals surface area (Å²) in [6, 6.07) is 15.0. The maximum atomic E-state index is 12.6. The van der Waals surface area contributed by atoms with Gasteiger partial charge in [0.2, 0.25) is 17.8 Å². The van der Waals surface area contributed by atoms with Crippen LogP contribution in [0.5, 0.6) is 0 Å². The van der Waals surface area contributed by atoms with E-state index in [1.807, 2.05) is 0 Å². The van der Waals surface area contributed by atoms with Gasteiger partial charge in [0.05, 0.1) is 51.8 Å². The van der Waals surface area contributed by atoms with Crippen molar-refractivity contribution in [2.24, 2.45) is 0 Å². The van der Waals surface area contributed by atoms with Crippen molar-refractivity contribution in [3.63, 3.8) is 0 Å². The molecule has 0 fully saturated rings. The van der Waals surface area contributed by atoms with Crippen LogP contribution in [-0.2, 0) is 73.3 Å². The van der Waals surface area contributed by atoms with Crippen molar-refractivity contribution in [2.45, 2.75) is 14.7 Å². The number of nitrogens with zero attached hydrogens (tertiary/aromatic N) is 3. The minimum Gasteiger partial charge on any atom is -0.324 e. The lowest BCUT2D eigenvalue weighted by molar-refractivity contribution is 0.282. The van der Waals surface area contributed by atoms with Crippen molar-refractivity contribution in [2.75, 3.05) is 53.0 Å². The first-order chi connectivity index (χ1) is 26.3. The molecule has 0 saturated carbocycles. The molecule has 4 aromatic rings. The number of sulfone groups is 3. The molecule has 1 heterocycles. The molecule has 0 aliphatic rings. The molecular formula is C27H30N6O18S6. The van der Waals surface area contributed by atoms with E-state index in [1.54, 1.807) is 0 Å². The fourth-order valence-corrected chi connectivity index (χ4v) is 8.73. The summed E-state index contributed by atoms with van der Waals surface area (Å²) in [4.78, 5) is 12.1. The van der Waals surface area contributed by atoms with E-state index in [4.69, 9.17) is 13.7 Å². The van der Waals surface area contributed by atoms with Crippen LogP contribution in [0.2, 0.25) is 0 Å². The van der Waals surface area contributed by atoms with Crippen LogP contribution in [0.15, 0.2) is 87.5 Å². The summed E-state index contributed by atoms with van der Waals surface area (Å²) in [5.41, 5.74) is 0.726. The maximum Gasteiger partial charge on any atom is 0.397 e. The summed E-state index contributed by atoms with van der Waals surface area (Å²) in [7, 11) is -26.7. The molecule has 0 saturated heterocycles. The number of hydrogen-bond acceptors (Lipinski definition) is 21. The minimum atomic E-state index is -4.86. The molecule has 0 spiro atoms. The summed E-state index contributed by atoms with van der Waals surface area (Å²) in [5.74, 6) is -2.78. The third-order valence-corrected chi connectivity index (χ3v) is 13.3. The molecular weight excluding hydrogens is 889 g/mol. The zero-order valence-corrected chi connectivity index (χ0v) is 33.3. The molecule has 0 bridgehead atoms. The van der Waals surface area contributed by atoms with Crippen LogP contribution in [0.1, 0.15) is 0 Å². The molecule has 30 heteroatoms. The Hall–Kier alpha value is -4.47.